The van der Waals surface area contributed by atoms with Gasteiger partial charge in [-0.15, -0.1) is 5.10 Å². The molecule has 6 nitrogen and oxygen atoms in total. The van der Waals surface area contributed by atoms with Crippen LogP contribution in [0.15, 0.2) is 30.5 Å². The summed E-state index contributed by atoms with van der Waals surface area (Å²) in [5.74, 6) is -0.101. The number of nitrogens with zero attached hydrogens (tertiary/aromatic N) is 4. The SMILES string of the molecule is C[C@H]1CCCN(C(=O)c2cnn(-c3ccc(F)cc3)n2)[C@@H]1CN. The Bertz CT molecular complexity index is 684. The van der Waals surface area contributed by atoms with Gasteiger partial charge in [-0.3, -0.25) is 4.79 Å². The molecule has 1 saturated heterocycles. The number of likely N-dealkylation sites (tertiary alicyclic amines) is 1. The fraction of sp³-hybridized carbons (Fsp3) is 0.438. The molecule has 7 heteroatoms. The van der Waals surface area contributed by atoms with Crippen molar-refractivity contribution in [2.24, 2.45) is 11.7 Å². The maximum Gasteiger partial charge on any atom is 0.276 e. The number of amides is 1. The van der Waals surface area contributed by atoms with E-state index in [1.807, 2.05) is 0 Å². The van der Waals surface area contributed by atoms with Crippen molar-refractivity contribution >= 4 is 5.91 Å². The van der Waals surface area contributed by atoms with Crippen molar-refractivity contribution in [2.75, 3.05) is 13.1 Å². The lowest BCUT2D eigenvalue weighted by Crippen LogP contribution is -2.51. The minimum atomic E-state index is -0.328. The second kappa shape index (κ2) is 6.45. The Hall–Kier alpha value is -2.28. The largest absolute Gasteiger partial charge is 0.333 e. The lowest BCUT2D eigenvalue weighted by atomic mass is 9.90. The predicted molar refractivity (Wildman–Crippen MR) is 83.6 cm³/mol. The molecule has 1 fully saturated rings. The summed E-state index contributed by atoms with van der Waals surface area (Å²) < 4.78 is 13.0. The zero-order valence-electron chi connectivity index (χ0n) is 13.0. The maximum atomic E-state index is 13.0. The second-order valence-corrected chi connectivity index (χ2v) is 5.92. The number of halogens is 1. The molecule has 3 rings (SSSR count). The second-order valence-electron chi connectivity index (χ2n) is 5.92. The molecule has 0 spiro atoms. The van der Waals surface area contributed by atoms with Crippen LogP contribution in [0.25, 0.3) is 5.69 Å². The molecule has 0 unspecified atom stereocenters. The fourth-order valence-corrected chi connectivity index (χ4v) is 3.07. The molecule has 0 aliphatic carbocycles. The molecule has 0 saturated carbocycles. The van der Waals surface area contributed by atoms with Gasteiger partial charge in [0.05, 0.1) is 11.9 Å². The third kappa shape index (κ3) is 3.10. The minimum absolute atomic E-state index is 0.0345. The van der Waals surface area contributed by atoms with Crippen LogP contribution in [0.1, 0.15) is 30.3 Å². The summed E-state index contributed by atoms with van der Waals surface area (Å²) in [6, 6.07) is 5.82. The highest BCUT2D eigenvalue weighted by atomic mass is 19.1. The van der Waals surface area contributed by atoms with Crippen molar-refractivity contribution in [1.29, 1.82) is 0 Å². The molecule has 0 bridgehead atoms. The van der Waals surface area contributed by atoms with Gasteiger partial charge in [0, 0.05) is 19.1 Å². The van der Waals surface area contributed by atoms with Crippen molar-refractivity contribution in [2.45, 2.75) is 25.8 Å². The van der Waals surface area contributed by atoms with E-state index < -0.39 is 0 Å². The predicted octanol–water partition coefficient (Wildman–Crippen LogP) is 1.61. The van der Waals surface area contributed by atoms with Crippen LogP contribution in [0.2, 0.25) is 0 Å². The van der Waals surface area contributed by atoms with E-state index in [2.05, 4.69) is 17.1 Å². The summed E-state index contributed by atoms with van der Waals surface area (Å²) in [7, 11) is 0. The molecule has 122 valence electrons. The molecule has 1 aromatic carbocycles. The summed E-state index contributed by atoms with van der Waals surface area (Å²) in [6.07, 6.45) is 3.49. The Balaban J connectivity index is 1.82. The average molecular weight is 317 g/mol. The molecule has 23 heavy (non-hydrogen) atoms. The molecular formula is C16H20FN5O. The first kappa shape index (κ1) is 15.6. The van der Waals surface area contributed by atoms with E-state index in [0.29, 0.717) is 24.7 Å². The number of benzene rings is 1. The van der Waals surface area contributed by atoms with Gasteiger partial charge in [-0.1, -0.05) is 6.92 Å². The normalized spacial score (nSPS) is 21.4. The average Bonchev–Trinajstić information content (AvgIpc) is 3.04. The molecule has 1 aromatic heterocycles. The first-order valence-electron chi connectivity index (χ1n) is 7.79. The molecule has 1 aliphatic heterocycles. The number of rotatable bonds is 3. The number of carbonyl (C=O) groups is 1. The Labute approximate surface area is 134 Å². The minimum Gasteiger partial charge on any atom is -0.333 e. The topological polar surface area (TPSA) is 77.0 Å². The molecule has 2 N–H and O–H groups in total. The van der Waals surface area contributed by atoms with Crippen LogP contribution >= 0.6 is 0 Å². The van der Waals surface area contributed by atoms with Crippen LogP contribution in [-0.4, -0.2) is 44.9 Å². The maximum absolute atomic E-state index is 13.0. The highest BCUT2D eigenvalue weighted by Crippen LogP contribution is 2.24. The Kier molecular flexibility index (Phi) is 4.38. The molecule has 2 atom stereocenters. The molecule has 1 aliphatic rings. The van der Waals surface area contributed by atoms with Gasteiger partial charge >= 0.3 is 0 Å². The van der Waals surface area contributed by atoms with E-state index in [4.69, 9.17) is 5.73 Å². The summed E-state index contributed by atoms with van der Waals surface area (Å²) in [5.41, 5.74) is 6.72. The van der Waals surface area contributed by atoms with Crippen LogP contribution in [0.4, 0.5) is 4.39 Å². The van der Waals surface area contributed by atoms with Crippen molar-refractivity contribution < 1.29 is 9.18 Å². The third-order valence-electron chi connectivity index (χ3n) is 4.39. The summed E-state index contributed by atoms with van der Waals surface area (Å²) in [5, 5.41) is 8.34. The van der Waals surface area contributed by atoms with Gasteiger partial charge < -0.3 is 10.6 Å². The summed E-state index contributed by atoms with van der Waals surface area (Å²) in [4.78, 5) is 15.8. The van der Waals surface area contributed by atoms with E-state index >= 15 is 0 Å². The van der Waals surface area contributed by atoms with Crippen molar-refractivity contribution in [1.82, 2.24) is 19.9 Å². The van der Waals surface area contributed by atoms with Crippen LogP contribution in [0.3, 0.4) is 0 Å². The van der Waals surface area contributed by atoms with E-state index in [9.17, 15) is 9.18 Å². The molecule has 2 aromatic rings. The molecule has 1 amide bonds. The van der Waals surface area contributed by atoms with E-state index in [1.54, 1.807) is 17.0 Å². The van der Waals surface area contributed by atoms with E-state index in [-0.39, 0.29) is 23.5 Å². The molecule has 0 radical (unpaired) electrons. The Morgan fingerprint density at radius 2 is 2.13 bits per heavy atom. The van der Waals surface area contributed by atoms with Gasteiger partial charge in [0.25, 0.3) is 5.91 Å². The first-order valence-corrected chi connectivity index (χ1v) is 7.79. The van der Waals surface area contributed by atoms with Crippen LogP contribution in [0, 0.1) is 11.7 Å². The number of hydrogen-bond donors (Lipinski definition) is 1. The van der Waals surface area contributed by atoms with Crippen LogP contribution in [0.5, 0.6) is 0 Å². The zero-order chi connectivity index (χ0) is 16.4. The standard InChI is InChI=1S/C16H20FN5O/c1-11-3-2-8-21(15(11)9-18)16(23)14-10-19-22(20-14)13-6-4-12(17)5-7-13/h4-7,10-11,15H,2-3,8-9,18H2,1H3/t11-,15+/m0/s1. The number of nitrogens with two attached hydrogens (primary N) is 1. The zero-order valence-corrected chi connectivity index (χ0v) is 13.0. The number of hydrogen-bond acceptors (Lipinski definition) is 4. The van der Waals surface area contributed by atoms with Crippen LogP contribution in [-0.2, 0) is 0 Å². The van der Waals surface area contributed by atoms with E-state index in [1.165, 1.54) is 23.1 Å². The lowest BCUT2D eigenvalue weighted by Gasteiger charge is -2.39. The van der Waals surface area contributed by atoms with Crippen molar-refractivity contribution in [3.8, 4) is 5.69 Å². The highest BCUT2D eigenvalue weighted by molar-refractivity contribution is 5.92. The van der Waals surface area contributed by atoms with Gasteiger partial charge in [0.1, 0.15) is 5.82 Å². The Morgan fingerprint density at radius 3 is 2.83 bits per heavy atom. The van der Waals surface area contributed by atoms with Crippen molar-refractivity contribution in [3.63, 3.8) is 0 Å². The first-order chi connectivity index (χ1) is 11.1. The van der Waals surface area contributed by atoms with Gasteiger partial charge in [0.2, 0.25) is 0 Å². The van der Waals surface area contributed by atoms with Gasteiger partial charge in [-0.2, -0.15) is 9.90 Å². The van der Waals surface area contributed by atoms with Gasteiger partial charge in [0.15, 0.2) is 5.69 Å². The lowest BCUT2D eigenvalue weighted by molar-refractivity contribution is 0.0526. The van der Waals surface area contributed by atoms with Gasteiger partial charge in [-0.05, 0) is 43.0 Å². The quantitative estimate of drug-likeness (QED) is 0.933. The van der Waals surface area contributed by atoms with E-state index in [0.717, 1.165) is 12.8 Å². The van der Waals surface area contributed by atoms with Crippen molar-refractivity contribution in [3.05, 3.63) is 42.0 Å². The van der Waals surface area contributed by atoms with Gasteiger partial charge in [-0.25, -0.2) is 4.39 Å². The number of carbonyl (C=O) groups excluding carboxylic acids is 1. The van der Waals surface area contributed by atoms with Crippen LogP contribution < -0.4 is 5.73 Å². The third-order valence-corrected chi connectivity index (χ3v) is 4.39. The monoisotopic (exact) mass is 317 g/mol. The summed E-state index contributed by atoms with van der Waals surface area (Å²) >= 11 is 0. The number of aromatic nitrogens is 3. The molecule has 2 heterocycles. The fourth-order valence-electron chi connectivity index (χ4n) is 3.07. The Morgan fingerprint density at radius 1 is 1.39 bits per heavy atom. The smallest absolute Gasteiger partial charge is 0.276 e. The number of piperidine rings is 1. The summed E-state index contributed by atoms with van der Waals surface area (Å²) in [6.45, 7) is 3.25. The molecular weight excluding hydrogens is 297 g/mol. The highest BCUT2D eigenvalue weighted by Gasteiger charge is 2.32.